The molecule has 7 heteroatoms. The van der Waals surface area contributed by atoms with Gasteiger partial charge in [-0.1, -0.05) is 0 Å². The van der Waals surface area contributed by atoms with E-state index in [0.717, 1.165) is 18.9 Å². The van der Waals surface area contributed by atoms with Crippen LogP contribution in [0.1, 0.15) is 12.8 Å². The third-order valence-electron chi connectivity index (χ3n) is 2.53. The van der Waals surface area contributed by atoms with E-state index in [1.54, 1.807) is 0 Å². The first kappa shape index (κ1) is 13.7. The van der Waals surface area contributed by atoms with E-state index in [-0.39, 0.29) is 36.0 Å². The topological polar surface area (TPSA) is 78.4 Å². The Bertz CT molecular complexity index is 438. The second-order valence-corrected chi connectivity index (χ2v) is 4.02. The van der Waals surface area contributed by atoms with Crippen LogP contribution in [0.2, 0.25) is 0 Å². The molecule has 1 aliphatic rings. The molecule has 1 aromatic carbocycles. The van der Waals surface area contributed by atoms with Crippen LogP contribution in [0.3, 0.4) is 0 Å². The van der Waals surface area contributed by atoms with Gasteiger partial charge in [0.1, 0.15) is 6.61 Å². The molecule has 1 aromatic rings. The Balaban J connectivity index is 0.00000144. The van der Waals surface area contributed by atoms with Crippen LogP contribution in [0.25, 0.3) is 0 Å². The highest BCUT2D eigenvalue weighted by Crippen LogP contribution is 2.33. The van der Waals surface area contributed by atoms with Crippen molar-refractivity contribution in [2.24, 2.45) is 5.73 Å². The van der Waals surface area contributed by atoms with Gasteiger partial charge >= 0.3 is 0 Å². The van der Waals surface area contributed by atoms with Crippen molar-refractivity contribution in [1.82, 2.24) is 0 Å². The Hall–Kier alpha value is -1.40. The Morgan fingerprint density at radius 3 is 2.65 bits per heavy atom. The number of ether oxygens (including phenoxy) is 1. The first-order valence-corrected chi connectivity index (χ1v) is 4.86. The molecule has 0 bridgehead atoms. The first-order chi connectivity index (χ1) is 7.50. The van der Waals surface area contributed by atoms with Crippen molar-refractivity contribution in [1.29, 1.82) is 0 Å². The van der Waals surface area contributed by atoms with Gasteiger partial charge < -0.3 is 10.5 Å². The van der Waals surface area contributed by atoms with Gasteiger partial charge in [-0.2, -0.15) is 0 Å². The van der Waals surface area contributed by atoms with Crippen LogP contribution in [0.5, 0.6) is 5.75 Å². The minimum atomic E-state index is -0.738. The molecule has 0 radical (unpaired) electrons. The van der Waals surface area contributed by atoms with Crippen molar-refractivity contribution in [2.45, 2.75) is 18.4 Å². The summed E-state index contributed by atoms with van der Waals surface area (Å²) in [6, 6.07) is 3.29. The lowest BCUT2D eigenvalue weighted by atomic mass is 10.3. The van der Waals surface area contributed by atoms with E-state index in [1.165, 1.54) is 12.1 Å². The number of nitrogens with two attached hydrogens (primary N) is 1. The molecule has 0 spiro atoms. The third kappa shape index (κ3) is 3.28. The molecule has 1 saturated carbocycles. The van der Waals surface area contributed by atoms with Gasteiger partial charge in [0.15, 0.2) is 11.6 Å². The Labute approximate surface area is 103 Å². The second kappa shape index (κ2) is 4.85. The molecule has 0 heterocycles. The molecule has 0 saturated heterocycles. The lowest BCUT2D eigenvalue weighted by Gasteiger charge is -2.11. The van der Waals surface area contributed by atoms with Gasteiger partial charge in [0.05, 0.1) is 16.5 Å². The maximum atomic E-state index is 13.3. The smallest absolute Gasteiger partial charge is 0.272 e. The fraction of sp³-hybridized carbons (Fsp3) is 0.400. The van der Waals surface area contributed by atoms with Crippen LogP contribution in [0.15, 0.2) is 18.2 Å². The number of nitrogens with zero attached hydrogens (tertiary/aromatic N) is 1. The fourth-order valence-corrected chi connectivity index (χ4v) is 1.25. The Kier molecular flexibility index (Phi) is 3.90. The summed E-state index contributed by atoms with van der Waals surface area (Å²) in [5, 5.41) is 10.4. The van der Waals surface area contributed by atoms with Gasteiger partial charge in [0, 0.05) is 6.07 Å². The van der Waals surface area contributed by atoms with Crippen molar-refractivity contribution >= 4 is 18.1 Å². The molecule has 17 heavy (non-hydrogen) atoms. The maximum absolute atomic E-state index is 13.3. The molecular weight excluding hydrogens is 251 g/mol. The number of hydrogen-bond donors (Lipinski definition) is 1. The van der Waals surface area contributed by atoms with Crippen LogP contribution < -0.4 is 10.5 Å². The summed E-state index contributed by atoms with van der Waals surface area (Å²) in [6.45, 7) is 0.238. The molecular formula is C10H12ClFN2O3. The summed E-state index contributed by atoms with van der Waals surface area (Å²) in [5.74, 6) is -0.735. The number of nitro groups is 1. The molecule has 2 N–H and O–H groups in total. The maximum Gasteiger partial charge on any atom is 0.272 e. The highest BCUT2D eigenvalue weighted by atomic mass is 35.5. The zero-order valence-corrected chi connectivity index (χ0v) is 9.71. The molecule has 94 valence electrons. The average molecular weight is 263 g/mol. The number of nitro benzene ring substituents is 1. The zero-order chi connectivity index (χ0) is 11.8. The van der Waals surface area contributed by atoms with E-state index >= 15 is 0 Å². The SMILES string of the molecule is Cl.NC1(COc2ccc([N+](=O)[O-])cc2F)CC1. The molecule has 1 fully saturated rings. The van der Waals surface area contributed by atoms with Crippen LogP contribution >= 0.6 is 12.4 Å². The van der Waals surface area contributed by atoms with E-state index in [4.69, 9.17) is 10.5 Å². The summed E-state index contributed by atoms with van der Waals surface area (Å²) >= 11 is 0. The first-order valence-electron chi connectivity index (χ1n) is 4.86. The average Bonchev–Trinajstić information content (AvgIpc) is 2.95. The quantitative estimate of drug-likeness (QED) is 0.665. The molecule has 0 amide bonds. The van der Waals surface area contributed by atoms with Crippen LogP contribution in [0.4, 0.5) is 10.1 Å². The monoisotopic (exact) mass is 262 g/mol. The highest BCUT2D eigenvalue weighted by Gasteiger charge is 2.39. The van der Waals surface area contributed by atoms with Gasteiger partial charge in [-0.3, -0.25) is 10.1 Å². The zero-order valence-electron chi connectivity index (χ0n) is 8.89. The van der Waals surface area contributed by atoms with Crippen molar-refractivity contribution in [3.8, 4) is 5.75 Å². The number of non-ortho nitro benzene ring substituents is 1. The predicted molar refractivity (Wildman–Crippen MR) is 61.9 cm³/mol. The minimum absolute atomic E-state index is 0. The minimum Gasteiger partial charge on any atom is -0.489 e. The van der Waals surface area contributed by atoms with Crippen LogP contribution in [0, 0.1) is 15.9 Å². The summed E-state index contributed by atoms with van der Waals surface area (Å²) in [7, 11) is 0. The standard InChI is InChI=1S/C10H11FN2O3.ClH/c11-8-5-7(13(14)15)1-2-9(8)16-6-10(12)3-4-10;/h1-2,5H,3-4,6,12H2;1H. The van der Waals surface area contributed by atoms with Crippen LogP contribution in [-0.2, 0) is 0 Å². The van der Waals surface area contributed by atoms with Gasteiger partial charge in [0.25, 0.3) is 5.69 Å². The van der Waals surface area contributed by atoms with Crippen LogP contribution in [-0.4, -0.2) is 17.1 Å². The van der Waals surface area contributed by atoms with E-state index in [1.807, 2.05) is 0 Å². The number of rotatable bonds is 4. The summed E-state index contributed by atoms with van der Waals surface area (Å²) in [5.41, 5.74) is 5.14. The molecule has 0 aromatic heterocycles. The molecule has 2 rings (SSSR count). The van der Waals surface area contributed by atoms with E-state index in [9.17, 15) is 14.5 Å². The predicted octanol–water partition coefficient (Wildman–Crippen LogP) is 2.03. The number of hydrogen-bond acceptors (Lipinski definition) is 4. The summed E-state index contributed by atoms with van der Waals surface area (Å²) < 4.78 is 18.5. The van der Waals surface area contributed by atoms with Gasteiger partial charge in [-0.25, -0.2) is 4.39 Å². The fourth-order valence-electron chi connectivity index (χ4n) is 1.25. The number of benzene rings is 1. The number of halogens is 2. The van der Waals surface area contributed by atoms with E-state index in [0.29, 0.717) is 0 Å². The largest absolute Gasteiger partial charge is 0.489 e. The Morgan fingerprint density at radius 1 is 1.53 bits per heavy atom. The molecule has 5 nitrogen and oxygen atoms in total. The normalized spacial score (nSPS) is 15.9. The van der Waals surface area contributed by atoms with Crippen molar-refractivity contribution in [3.63, 3.8) is 0 Å². The summed E-state index contributed by atoms with van der Waals surface area (Å²) in [4.78, 5) is 9.72. The Morgan fingerprint density at radius 2 is 2.18 bits per heavy atom. The van der Waals surface area contributed by atoms with Gasteiger partial charge in [-0.15, -0.1) is 12.4 Å². The molecule has 0 unspecified atom stereocenters. The van der Waals surface area contributed by atoms with Gasteiger partial charge in [0.2, 0.25) is 0 Å². The molecule has 0 atom stereocenters. The lowest BCUT2D eigenvalue weighted by molar-refractivity contribution is -0.385. The van der Waals surface area contributed by atoms with Crippen molar-refractivity contribution < 1.29 is 14.1 Å². The highest BCUT2D eigenvalue weighted by molar-refractivity contribution is 5.85. The van der Waals surface area contributed by atoms with E-state index in [2.05, 4.69) is 0 Å². The molecule has 0 aliphatic heterocycles. The summed E-state index contributed by atoms with van der Waals surface area (Å²) in [6.07, 6.45) is 1.73. The van der Waals surface area contributed by atoms with Gasteiger partial charge in [-0.05, 0) is 18.9 Å². The third-order valence-corrected chi connectivity index (χ3v) is 2.53. The van der Waals surface area contributed by atoms with Crippen molar-refractivity contribution in [2.75, 3.05) is 6.61 Å². The lowest BCUT2D eigenvalue weighted by Crippen LogP contribution is -2.29. The second-order valence-electron chi connectivity index (χ2n) is 4.02. The molecule has 1 aliphatic carbocycles. The van der Waals surface area contributed by atoms with Crippen molar-refractivity contribution in [3.05, 3.63) is 34.1 Å². The van der Waals surface area contributed by atoms with E-state index < -0.39 is 10.7 Å².